The van der Waals surface area contributed by atoms with Crippen molar-refractivity contribution in [2.45, 2.75) is 45.7 Å². The lowest BCUT2D eigenvalue weighted by molar-refractivity contribution is 0.625. The van der Waals surface area contributed by atoms with E-state index in [2.05, 4.69) is 75.9 Å². The van der Waals surface area contributed by atoms with E-state index in [1.165, 1.54) is 11.3 Å². The van der Waals surface area contributed by atoms with Gasteiger partial charge in [-0.1, -0.05) is 32.0 Å². The van der Waals surface area contributed by atoms with E-state index < -0.39 is 0 Å². The molecule has 2 aromatic rings. The van der Waals surface area contributed by atoms with E-state index in [0.717, 1.165) is 36.2 Å². The lowest BCUT2D eigenvalue weighted by Crippen LogP contribution is -2.45. The zero-order valence-electron chi connectivity index (χ0n) is 16.1. The highest BCUT2D eigenvalue weighted by atomic mass is 32.1. The zero-order chi connectivity index (χ0) is 18.5. The SMILES string of the molecule is CN=C(NCc1nc(C(C)C)cs1)NCC(C)N1CCc2ccccc21. The van der Waals surface area contributed by atoms with Crippen LogP contribution in [0.25, 0.3) is 0 Å². The van der Waals surface area contributed by atoms with Crippen molar-refractivity contribution < 1.29 is 0 Å². The number of nitrogens with zero attached hydrogens (tertiary/aromatic N) is 3. The first-order valence-corrected chi connectivity index (χ1v) is 10.2. The van der Waals surface area contributed by atoms with Gasteiger partial charge in [0.25, 0.3) is 0 Å². The average molecular weight is 372 g/mol. The molecule has 0 fully saturated rings. The van der Waals surface area contributed by atoms with Crippen molar-refractivity contribution in [3.63, 3.8) is 0 Å². The van der Waals surface area contributed by atoms with Crippen LogP contribution in [0, 0.1) is 0 Å². The molecule has 26 heavy (non-hydrogen) atoms. The normalized spacial score (nSPS) is 15.3. The molecule has 0 spiro atoms. The van der Waals surface area contributed by atoms with Gasteiger partial charge in [-0.25, -0.2) is 4.98 Å². The van der Waals surface area contributed by atoms with Crippen LogP contribution in [0.3, 0.4) is 0 Å². The van der Waals surface area contributed by atoms with Crippen molar-refractivity contribution in [2.24, 2.45) is 4.99 Å². The molecule has 2 heterocycles. The Kier molecular flexibility index (Phi) is 6.14. The largest absolute Gasteiger partial charge is 0.366 e. The summed E-state index contributed by atoms with van der Waals surface area (Å²) in [5.74, 6) is 1.30. The highest BCUT2D eigenvalue weighted by Gasteiger charge is 2.22. The Morgan fingerprint density at radius 3 is 2.81 bits per heavy atom. The molecule has 1 aliphatic rings. The second-order valence-electron chi connectivity index (χ2n) is 7.05. The molecule has 0 radical (unpaired) electrons. The van der Waals surface area contributed by atoms with Crippen LogP contribution >= 0.6 is 11.3 Å². The Bertz CT molecular complexity index is 752. The first-order valence-electron chi connectivity index (χ1n) is 9.32. The minimum Gasteiger partial charge on any atom is -0.366 e. The maximum Gasteiger partial charge on any atom is 0.191 e. The third-order valence-electron chi connectivity index (χ3n) is 4.81. The maximum absolute atomic E-state index is 4.66. The molecule has 1 aliphatic heterocycles. The number of aromatic nitrogens is 1. The van der Waals surface area contributed by atoms with Gasteiger partial charge in [-0.05, 0) is 30.9 Å². The van der Waals surface area contributed by atoms with Crippen molar-refractivity contribution in [1.29, 1.82) is 0 Å². The van der Waals surface area contributed by atoms with Crippen molar-refractivity contribution in [3.8, 4) is 0 Å². The fraction of sp³-hybridized carbons (Fsp3) is 0.500. The van der Waals surface area contributed by atoms with Crippen molar-refractivity contribution >= 4 is 23.0 Å². The van der Waals surface area contributed by atoms with Crippen LogP contribution in [0.4, 0.5) is 5.69 Å². The van der Waals surface area contributed by atoms with E-state index in [1.54, 1.807) is 11.3 Å². The number of nitrogens with one attached hydrogen (secondary N) is 2. The summed E-state index contributed by atoms with van der Waals surface area (Å²) in [5, 5.41) is 10.1. The number of thiazole rings is 1. The fourth-order valence-electron chi connectivity index (χ4n) is 3.23. The Morgan fingerprint density at radius 2 is 2.08 bits per heavy atom. The monoisotopic (exact) mass is 371 g/mol. The molecule has 5 nitrogen and oxygen atoms in total. The number of aliphatic imine (C=N–C) groups is 1. The second-order valence-corrected chi connectivity index (χ2v) is 7.99. The Hall–Kier alpha value is -2.08. The van der Waals surface area contributed by atoms with E-state index in [0.29, 0.717) is 18.5 Å². The lowest BCUT2D eigenvalue weighted by Gasteiger charge is -2.28. The van der Waals surface area contributed by atoms with Crippen LogP contribution in [0.2, 0.25) is 0 Å². The summed E-state index contributed by atoms with van der Waals surface area (Å²) in [6.45, 7) is 9.25. The summed E-state index contributed by atoms with van der Waals surface area (Å²) in [5.41, 5.74) is 3.98. The molecular weight excluding hydrogens is 342 g/mol. The van der Waals surface area contributed by atoms with Gasteiger partial charge in [-0.2, -0.15) is 0 Å². The van der Waals surface area contributed by atoms with E-state index in [-0.39, 0.29) is 0 Å². The molecule has 2 N–H and O–H groups in total. The van der Waals surface area contributed by atoms with Gasteiger partial charge < -0.3 is 15.5 Å². The zero-order valence-corrected chi connectivity index (χ0v) is 16.9. The highest BCUT2D eigenvalue weighted by molar-refractivity contribution is 7.09. The number of anilines is 1. The first-order chi connectivity index (χ1) is 12.6. The molecule has 0 saturated heterocycles. The summed E-state index contributed by atoms with van der Waals surface area (Å²) in [6, 6.07) is 9.11. The molecule has 1 unspecified atom stereocenters. The quantitative estimate of drug-likeness (QED) is 0.604. The van der Waals surface area contributed by atoms with Gasteiger partial charge in [0.1, 0.15) is 5.01 Å². The summed E-state index contributed by atoms with van der Waals surface area (Å²) in [4.78, 5) is 11.5. The van der Waals surface area contributed by atoms with Crippen molar-refractivity contribution in [1.82, 2.24) is 15.6 Å². The summed E-state index contributed by atoms with van der Waals surface area (Å²) in [7, 11) is 1.81. The highest BCUT2D eigenvalue weighted by Crippen LogP contribution is 2.28. The van der Waals surface area contributed by atoms with Crippen LogP contribution in [-0.2, 0) is 13.0 Å². The Balaban J connectivity index is 1.49. The smallest absolute Gasteiger partial charge is 0.191 e. The number of hydrogen-bond donors (Lipinski definition) is 2. The van der Waals surface area contributed by atoms with Gasteiger partial charge in [0.15, 0.2) is 5.96 Å². The number of guanidine groups is 1. The van der Waals surface area contributed by atoms with Gasteiger partial charge in [0.05, 0.1) is 12.2 Å². The molecule has 140 valence electrons. The molecule has 0 amide bonds. The Morgan fingerprint density at radius 1 is 1.27 bits per heavy atom. The minimum absolute atomic E-state index is 0.407. The summed E-state index contributed by atoms with van der Waals surface area (Å²) >= 11 is 1.70. The van der Waals surface area contributed by atoms with Gasteiger partial charge in [-0.15, -0.1) is 11.3 Å². The second kappa shape index (κ2) is 8.54. The molecule has 1 aromatic carbocycles. The van der Waals surface area contributed by atoms with E-state index in [4.69, 9.17) is 0 Å². The summed E-state index contributed by atoms with van der Waals surface area (Å²) in [6.07, 6.45) is 1.13. The van der Waals surface area contributed by atoms with Crippen LogP contribution in [0.1, 0.15) is 43.0 Å². The molecule has 3 rings (SSSR count). The third-order valence-corrected chi connectivity index (χ3v) is 5.68. The molecule has 0 aliphatic carbocycles. The third kappa shape index (κ3) is 4.36. The molecular formula is C20H29N5S. The van der Waals surface area contributed by atoms with Crippen molar-refractivity contribution in [3.05, 3.63) is 45.9 Å². The predicted octanol–water partition coefficient (Wildman–Crippen LogP) is 3.38. The number of para-hydroxylation sites is 1. The van der Waals surface area contributed by atoms with E-state index in [9.17, 15) is 0 Å². The number of rotatable bonds is 6. The summed E-state index contributed by atoms with van der Waals surface area (Å²) < 4.78 is 0. The topological polar surface area (TPSA) is 52.6 Å². The number of benzene rings is 1. The molecule has 0 saturated carbocycles. The van der Waals surface area contributed by atoms with E-state index in [1.807, 2.05) is 7.05 Å². The molecule has 1 atom stereocenters. The van der Waals surface area contributed by atoms with Crippen molar-refractivity contribution in [2.75, 3.05) is 25.0 Å². The minimum atomic E-state index is 0.407. The number of hydrogen-bond acceptors (Lipinski definition) is 4. The molecule has 6 heteroatoms. The van der Waals surface area contributed by atoms with E-state index >= 15 is 0 Å². The molecule has 0 bridgehead atoms. The van der Waals surface area contributed by atoms with Crippen LogP contribution in [0.5, 0.6) is 0 Å². The molecule has 1 aromatic heterocycles. The van der Waals surface area contributed by atoms with Crippen LogP contribution in [0.15, 0.2) is 34.6 Å². The predicted molar refractivity (Wildman–Crippen MR) is 111 cm³/mol. The fourth-order valence-corrected chi connectivity index (χ4v) is 4.12. The van der Waals surface area contributed by atoms with Gasteiger partial charge in [0.2, 0.25) is 0 Å². The standard InChI is InChI=1S/C20H29N5S/c1-14(2)17-13-26-19(24-17)12-23-20(21-4)22-11-15(3)25-10-9-16-7-5-6-8-18(16)25/h5-8,13-15H,9-12H2,1-4H3,(H2,21,22,23). The van der Waals surface area contributed by atoms with Gasteiger partial charge in [0, 0.05) is 37.2 Å². The lowest BCUT2D eigenvalue weighted by atomic mass is 10.2. The maximum atomic E-state index is 4.66. The Labute approximate surface area is 160 Å². The first kappa shape index (κ1) is 18.7. The van der Waals surface area contributed by atoms with Crippen LogP contribution < -0.4 is 15.5 Å². The van der Waals surface area contributed by atoms with Crippen LogP contribution in [-0.4, -0.2) is 37.1 Å². The number of fused-ring (bicyclic) bond motifs is 1. The average Bonchev–Trinajstić information content (AvgIpc) is 3.28. The van der Waals surface area contributed by atoms with Gasteiger partial charge in [-0.3, -0.25) is 4.99 Å². The van der Waals surface area contributed by atoms with Gasteiger partial charge >= 0.3 is 0 Å².